The van der Waals surface area contributed by atoms with E-state index in [2.05, 4.69) is 10.6 Å². The van der Waals surface area contributed by atoms with Crippen LogP contribution in [0.4, 0.5) is 5.69 Å². The minimum Gasteiger partial charge on any atom is -0.325 e. The molecule has 0 atom stereocenters. The molecule has 0 aliphatic rings. The summed E-state index contributed by atoms with van der Waals surface area (Å²) in [5, 5.41) is 6.77. The molecule has 2 aromatic carbocycles. The van der Waals surface area contributed by atoms with Crippen molar-refractivity contribution < 1.29 is 4.79 Å². The number of hydrogen-bond donors (Lipinski definition) is 2. The lowest BCUT2D eigenvalue weighted by Gasteiger charge is -2.09. The molecule has 2 aromatic rings. The second-order valence-corrected chi connectivity index (χ2v) is 5.52. The third-order valence-corrected chi connectivity index (χ3v) is 3.80. The van der Waals surface area contributed by atoms with Gasteiger partial charge in [-0.05, 0) is 36.2 Å². The zero-order valence-electron chi connectivity index (χ0n) is 11.6. The molecule has 0 aromatic heterocycles. The van der Waals surface area contributed by atoms with Crippen LogP contribution in [0.1, 0.15) is 11.1 Å². The second kappa shape index (κ2) is 7.46. The first-order valence-corrected chi connectivity index (χ1v) is 7.32. The second-order valence-electron chi connectivity index (χ2n) is 4.71. The van der Waals surface area contributed by atoms with Crippen LogP contribution in [-0.2, 0) is 11.3 Å². The molecule has 0 heterocycles. The van der Waals surface area contributed by atoms with Crippen LogP contribution in [0.15, 0.2) is 42.5 Å². The van der Waals surface area contributed by atoms with Gasteiger partial charge in [-0.25, -0.2) is 0 Å². The van der Waals surface area contributed by atoms with Crippen molar-refractivity contribution in [3.63, 3.8) is 0 Å². The van der Waals surface area contributed by atoms with Gasteiger partial charge in [-0.2, -0.15) is 0 Å². The fourth-order valence-electron chi connectivity index (χ4n) is 1.90. The number of rotatable bonds is 5. The van der Waals surface area contributed by atoms with Gasteiger partial charge in [-0.15, -0.1) is 0 Å². The Morgan fingerprint density at radius 1 is 1.10 bits per heavy atom. The van der Waals surface area contributed by atoms with Gasteiger partial charge >= 0.3 is 0 Å². The molecule has 3 nitrogen and oxygen atoms in total. The van der Waals surface area contributed by atoms with E-state index >= 15 is 0 Å². The van der Waals surface area contributed by atoms with E-state index in [-0.39, 0.29) is 12.5 Å². The normalized spacial score (nSPS) is 10.4. The summed E-state index contributed by atoms with van der Waals surface area (Å²) in [7, 11) is 0. The standard InChI is InChI=1S/C16H16Cl2N2O/c1-11-4-2-3-5-12(11)9-19-10-16(21)20-13-6-7-14(17)15(18)8-13/h2-8,19H,9-10H2,1H3,(H,20,21). The Morgan fingerprint density at radius 3 is 2.57 bits per heavy atom. The predicted molar refractivity (Wildman–Crippen MR) is 88.0 cm³/mol. The van der Waals surface area contributed by atoms with Crippen LogP contribution in [0.2, 0.25) is 10.0 Å². The maximum Gasteiger partial charge on any atom is 0.238 e. The topological polar surface area (TPSA) is 41.1 Å². The molecule has 5 heteroatoms. The van der Waals surface area contributed by atoms with Crippen LogP contribution in [0.25, 0.3) is 0 Å². The molecule has 1 amide bonds. The van der Waals surface area contributed by atoms with E-state index in [9.17, 15) is 4.79 Å². The number of anilines is 1. The van der Waals surface area contributed by atoms with Crippen LogP contribution in [-0.4, -0.2) is 12.5 Å². The highest BCUT2D eigenvalue weighted by Crippen LogP contribution is 2.24. The van der Waals surface area contributed by atoms with Gasteiger partial charge in [-0.1, -0.05) is 47.5 Å². The lowest BCUT2D eigenvalue weighted by Crippen LogP contribution is -2.27. The Morgan fingerprint density at radius 2 is 1.86 bits per heavy atom. The maximum atomic E-state index is 11.8. The number of carbonyl (C=O) groups excluding carboxylic acids is 1. The average molecular weight is 323 g/mol. The predicted octanol–water partition coefficient (Wildman–Crippen LogP) is 4.03. The van der Waals surface area contributed by atoms with Crippen LogP contribution in [0.5, 0.6) is 0 Å². The zero-order valence-corrected chi connectivity index (χ0v) is 13.1. The van der Waals surface area contributed by atoms with Crippen LogP contribution in [0.3, 0.4) is 0 Å². The molecule has 0 bridgehead atoms. The van der Waals surface area contributed by atoms with Crippen molar-refractivity contribution in [2.75, 3.05) is 11.9 Å². The summed E-state index contributed by atoms with van der Waals surface area (Å²) in [6.45, 7) is 2.93. The minimum atomic E-state index is -0.123. The molecule has 0 fully saturated rings. The SMILES string of the molecule is Cc1ccccc1CNCC(=O)Nc1ccc(Cl)c(Cl)c1. The third-order valence-electron chi connectivity index (χ3n) is 3.07. The van der Waals surface area contributed by atoms with Crippen LogP contribution < -0.4 is 10.6 Å². The highest BCUT2D eigenvalue weighted by molar-refractivity contribution is 6.42. The third kappa shape index (κ3) is 4.74. The number of carbonyl (C=O) groups is 1. The van der Waals surface area contributed by atoms with Gasteiger partial charge in [0.15, 0.2) is 0 Å². The molecule has 0 aliphatic carbocycles. The Bertz CT molecular complexity index is 644. The first-order chi connectivity index (χ1) is 10.1. The number of benzene rings is 2. The lowest BCUT2D eigenvalue weighted by atomic mass is 10.1. The molecule has 0 saturated heterocycles. The number of amides is 1. The smallest absolute Gasteiger partial charge is 0.238 e. The van der Waals surface area contributed by atoms with Gasteiger partial charge in [0.25, 0.3) is 0 Å². The van der Waals surface area contributed by atoms with Gasteiger partial charge in [0.2, 0.25) is 5.91 Å². The molecule has 0 unspecified atom stereocenters. The molecule has 21 heavy (non-hydrogen) atoms. The molecule has 0 saturated carbocycles. The number of nitrogens with one attached hydrogen (secondary N) is 2. The van der Waals surface area contributed by atoms with Crippen molar-refractivity contribution in [2.24, 2.45) is 0 Å². The van der Waals surface area contributed by atoms with Gasteiger partial charge < -0.3 is 10.6 Å². The number of hydrogen-bond acceptors (Lipinski definition) is 2. The van der Waals surface area contributed by atoms with Gasteiger partial charge in [0.05, 0.1) is 16.6 Å². The lowest BCUT2D eigenvalue weighted by molar-refractivity contribution is -0.115. The molecule has 0 radical (unpaired) electrons. The summed E-state index contributed by atoms with van der Waals surface area (Å²) in [5.41, 5.74) is 3.02. The first-order valence-electron chi connectivity index (χ1n) is 6.56. The first kappa shape index (κ1) is 15.8. The summed E-state index contributed by atoms with van der Waals surface area (Å²) < 4.78 is 0. The molecule has 2 rings (SSSR count). The van der Waals surface area contributed by atoms with Gasteiger partial charge in [0.1, 0.15) is 0 Å². The summed E-state index contributed by atoms with van der Waals surface area (Å²) in [5.74, 6) is -0.123. The Labute approximate surface area is 134 Å². The van der Waals surface area contributed by atoms with E-state index < -0.39 is 0 Å². The van der Waals surface area contributed by atoms with Crippen molar-refractivity contribution in [2.45, 2.75) is 13.5 Å². The zero-order chi connectivity index (χ0) is 15.2. The van der Waals surface area contributed by atoms with Crippen LogP contribution in [0, 0.1) is 6.92 Å². The Kier molecular flexibility index (Phi) is 5.62. The van der Waals surface area contributed by atoms with Gasteiger partial charge in [0, 0.05) is 12.2 Å². The molecule has 0 spiro atoms. The molecule has 0 aliphatic heterocycles. The number of halogens is 2. The van der Waals surface area contributed by atoms with E-state index in [0.717, 1.165) is 0 Å². The average Bonchev–Trinajstić information content (AvgIpc) is 2.45. The highest BCUT2D eigenvalue weighted by atomic mass is 35.5. The molecule has 2 N–H and O–H groups in total. The maximum absolute atomic E-state index is 11.8. The molecular weight excluding hydrogens is 307 g/mol. The minimum absolute atomic E-state index is 0.123. The van der Waals surface area contributed by atoms with E-state index in [0.29, 0.717) is 22.3 Å². The van der Waals surface area contributed by atoms with E-state index in [1.54, 1.807) is 18.2 Å². The summed E-state index contributed by atoms with van der Waals surface area (Å²) in [6.07, 6.45) is 0. The summed E-state index contributed by atoms with van der Waals surface area (Å²) >= 11 is 11.7. The van der Waals surface area contributed by atoms with Gasteiger partial charge in [-0.3, -0.25) is 4.79 Å². The highest BCUT2D eigenvalue weighted by Gasteiger charge is 2.05. The van der Waals surface area contributed by atoms with E-state index in [1.165, 1.54) is 11.1 Å². The summed E-state index contributed by atoms with van der Waals surface area (Å²) in [4.78, 5) is 11.8. The fourth-order valence-corrected chi connectivity index (χ4v) is 2.20. The van der Waals surface area contributed by atoms with Crippen molar-refractivity contribution in [3.8, 4) is 0 Å². The van der Waals surface area contributed by atoms with Crippen molar-refractivity contribution in [1.29, 1.82) is 0 Å². The Hall–Kier alpha value is -1.55. The fraction of sp³-hybridized carbons (Fsp3) is 0.188. The Balaban J connectivity index is 1.82. The van der Waals surface area contributed by atoms with Crippen LogP contribution >= 0.6 is 23.2 Å². The van der Waals surface area contributed by atoms with Crippen molar-refractivity contribution in [1.82, 2.24) is 5.32 Å². The molecule has 110 valence electrons. The largest absolute Gasteiger partial charge is 0.325 e. The van der Waals surface area contributed by atoms with Crippen molar-refractivity contribution in [3.05, 3.63) is 63.6 Å². The summed E-state index contributed by atoms with van der Waals surface area (Å²) in [6, 6.07) is 13.1. The van der Waals surface area contributed by atoms with E-state index in [1.807, 2.05) is 31.2 Å². The number of aryl methyl sites for hydroxylation is 1. The molecular formula is C16H16Cl2N2O. The quantitative estimate of drug-likeness (QED) is 0.872. The van der Waals surface area contributed by atoms with E-state index in [4.69, 9.17) is 23.2 Å². The van der Waals surface area contributed by atoms with Crippen molar-refractivity contribution >= 4 is 34.8 Å². The monoisotopic (exact) mass is 322 g/mol.